The molecule has 2 aromatic heterocycles. The van der Waals surface area contributed by atoms with E-state index in [1.807, 2.05) is 0 Å². The molecule has 0 unspecified atom stereocenters. The van der Waals surface area contributed by atoms with Crippen molar-refractivity contribution in [1.29, 1.82) is 0 Å². The molecule has 7 fully saturated rings. The predicted octanol–water partition coefficient (Wildman–Crippen LogP) is 2.37. The molecule has 1 spiro atoms. The van der Waals surface area contributed by atoms with Crippen LogP contribution in [0.1, 0.15) is 76.9 Å². The molecular formula is C29H39N7O6. The monoisotopic (exact) mass is 581 g/mol. The number of nitrogens with zero attached hydrogens (tertiary/aromatic N) is 4. The maximum Gasteiger partial charge on any atom is 0.320 e. The third-order valence-corrected chi connectivity index (χ3v) is 10.5. The minimum absolute atomic E-state index is 0.119. The quantitative estimate of drug-likeness (QED) is 0.401. The summed E-state index contributed by atoms with van der Waals surface area (Å²) in [6.07, 6.45) is 11.9. The molecule has 4 N–H and O–H groups in total. The minimum atomic E-state index is -0.921. The van der Waals surface area contributed by atoms with E-state index >= 15 is 0 Å². The van der Waals surface area contributed by atoms with Crippen molar-refractivity contribution in [2.75, 3.05) is 18.5 Å². The van der Waals surface area contributed by atoms with Crippen LogP contribution >= 0.6 is 0 Å². The number of urea groups is 1. The first kappa shape index (κ1) is 26.7. The van der Waals surface area contributed by atoms with Gasteiger partial charge in [-0.25, -0.2) is 19.7 Å². The molecule has 4 atom stereocenters. The first-order valence-corrected chi connectivity index (χ1v) is 15.6. The van der Waals surface area contributed by atoms with Crippen molar-refractivity contribution >= 4 is 28.9 Å². The van der Waals surface area contributed by atoms with Crippen molar-refractivity contribution in [3.8, 4) is 0 Å². The van der Waals surface area contributed by atoms with Crippen molar-refractivity contribution in [1.82, 2.24) is 30.2 Å². The first-order chi connectivity index (χ1) is 20.4. The van der Waals surface area contributed by atoms with Crippen LogP contribution in [0, 0.1) is 17.8 Å². The van der Waals surface area contributed by atoms with E-state index in [1.54, 1.807) is 10.9 Å². The van der Waals surface area contributed by atoms with Crippen LogP contribution in [0.25, 0.3) is 11.2 Å². The number of rotatable bonds is 6. The lowest BCUT2D eigenvalue weighted by Gasteiger charge is -2.56. The van der Waals surface area contributed by atoms with Crippen LogP contribution in [0.3, 0.4) is 0 Å². The number of imidazole rings is 1. The van der Waals surface area contributed by atoms with Gasteiger partial charge in [0.05, 0.1) is 12.9 Å². The summed E-state index contributed by atoms with van der Waals surface area (Å²) in [6, 6.07) is -0.268. The molecule has 0 radical (unpaired) electrons. The SMILES string of the molecule is O=C(Nc1ncnc2c1ncn2[C@@H]1O[C@H](C(=O)NCCO)[C@H]2OC3(CCCCC3)O[C@H]21)NC12CC3CC(CC(C3)C1)C2. The maximum atomic E-state index is 13.3. The third-order valence-electron chi connectivity index (χ3n) is 10.5. The van der Waals surface area contributed by atoms with E-state index in [1.165, 1.54) is 25.6 Å². The van der Waals surface area contributed by atoms with Crippen LogP contribution in [0.4, 0.5) is 10.6 Å². The lowest BCUT2D eigenvalue weighted by atomic mass is 9.53. The zero-order chi connectivity index (χ0) is 28.5. The molecular weight excluding hydrogens is 542 g/mol. The Morgan fingerprint density at radius 1 is 0.976 bits per heavy atom. The largest absolute Gasteiger partial charge is 0.395 e. The van der Waals surface area contributed by atoms with E-state index in [0.717, 1.165) is 69.1 Å². The number of nitrogens with one attached hydrogen (secondary N) is 3. The molecule has 42 heavy (non-hydrogen) atoms. The smallest absolute Gasteiger partial charge is 0.320 e. The van der Waals surface area contributed by atoms with Gasteiger partial charge in [-0.3, -0.25) is 14.7 Å². The Labute approximate surface area is 243 Å². The molecule has 4 bridgehead atoms. The van der Waals surface area contributed by atoms with Gasteiger partial charge in [0.2, 0.25) is 0 Å². The average Bonchev–Trinajstić information content (AvgIpc) is 3.63. The number of aromatic nitrogens is 4. The van der Waals surface area contributed by atoms with Gasteiger partial charge in [0, 0.05) is 24.9 Å². The number of aliphatic hydroxyl groups is 1. The zero-order valence-corrected chi connectivity index (χ0v) is 23.7. The Morgan fingerprint density at radius 2 is 1.69 bits per heavy atom. The summed E-state index contributed by atoms with van der Waals surface area (Å²) < 4.78 is 21.0. The second-order valence-corrected chi connectivity index (χ2v) is 13.4. The Morgan fingerprint density at radius 3 is 2.40 bits per heavy atom. The topological polar surface area (TPSA) is 162 Å². The van der Waals surface area contributed by atoms with Gasteiger partial charge in [0.25, 0.3) is 5.91 Å². The highest BCUT2D eigenvalue weighted by Gasteiger charge is 2.61. The lowest BCUT2D eigenvalue weighted by Crippen LogP contribution is -2.60. The van der Waals surface area contributed by atoms with E-state index in [-0.39, 0.29) is 30.6 Å². The number of ether oxygens (including phenoxy) is 3. The number of aliphatic hydroxyl groups excluding tert-OH is 1. The first-order valence-electron chi connectivity index (χ1n) is 15.6. The molecule has 4 heterocycles. The number of carbonyl (C=O) groups is 2. The maximum absolute atomic E-state index is 13.3. The second-order valence-electron chi connectivity index (χ2n) is 13.4. The zero-order valence-electron chi connectivity index (χ0n) is 23.7. The highest BCUT2D eigenvalue weighted by Crippen LogP contribution is 2.55. The highest BCUT2D eigenvalue weighted by molar-refractivity contribution is 5.96. The molecule has 5 aliphatic carbocycles. The number of fused-ring (bicyclic) bond motifs is 2. The molecule has 7 aliphatic rings. The van der Waals surface area contributed by atoms with Gasteiger partial charge in [-0.05, 0) is 69.1 Å². The van der Waals surface area contributed by atoms with E-state index in [0.29, 0.717) is 17.0 Å². The van der Waals surface area contributed by atoms with Crippen molar-refractivity contribution in [3.05, 3.63) is 12.7 Å². The highest BCUT2D eigenvalue weighted by atomic mass is 16.8. The van der Waals surface area contributed by atoms with Gasteiger partial charge < -0.3 is 30.0 Å². The standard InChI is InChI=1S/C29H39N7O6/c37-7-6-30-25(38)21-20-22(42-29(41-20)4-2-1-3-5-29)26(40-21)36-15-33-19-23(31-14-32-24(19)36)34-27(39)35-28-11-16-8-17(12-28)10-18(9-16)13-28/h14-18,20-22,26,37H,1-13H2,(H,30,38)(H2,31,32,34,35,39)/t16?,17?,18?,20-,21+,22-,26-,28?/m1/s1. The van der Waals surface area contributed by atoms with Crippen molar-refractivity contribution in [2.24, 2.45) is 17.8 Å². The average molecular weight is 582 g/mol. The molecule has 2 aromatic rings. The Hall–Kier alpha value is -2.87. The van der Waals surface area contributed by atoms with Crippen molar-refractivity contribution in [2.45, 2.75) is 106 Å². The summed E-state index contributed by atoms with van der Waals surface area (Å²) in [4.78, 5) is 39.7. The molecule has 226 valence electrons. The molecule has 2 saturated heterocycles. The van der Waals surface area contributed by atoms with Gasteiger partial charge in [-0.2, -0.15) is 0 Å². The number of amides is 3. The minimum Gasteiger partial charge on any atom is -0.395 e. The number of hydrogen-bond acceptors (Lipinski definition) is 9. The molecule has 3 amide bonds. The van der Waals surface area contributed by atoms with Gasteiger partial charge in [0.1, 0.15) is 18.5 Å². The molecule has 2 aliphatic heterocycles. The van der Waals surface area contributed by atoms with Gasteiger partial charge in [-0.15, -0.1) is 0 Å². The summed E-state index contributed by atoms with van der Waals surface area (Å²) >= 11 is 0. The van der Waals surface area contributed by atoms with Crippen molar-refractivity contribution in [3.63, 3.8) is 0 Å². The molecule has 0 aromatic carbocycles. The summed E-state index contributed by atoms with van der Waals surface area (Å²) in [7, 11) is 0. The number of carbonyl (C=O) groups excluding carboxylic acids is 2. The van der Waals surface area contributed by atoms with E-state index in [4.69, 9.17) is 14.2 Å². The number of hydrogen-bond donors (Lipinski definition) is 4. The molecule has 9 rings (SSSR count). The van der Waals surface area contributed by atoms with Crippen LogP contribution in [-0.2, 0) is 19.0 Å². The predicted molar refractivity (Wildman–Crippen MR) is 148 cm³/mol. The summed E-state index contributed by atoms with van der Waals surface area (Å²) in [5, 5.41) is 18.2. The third kappa shape index (κ3) is 4.47. The normalized spacial score (nSPS) is 37.7. The van der Waals surface area contributed by atoms with Gasteiger partial charge in [-0.1, -0.05) is 6.42 Å². The van der Waals surface area contributed by atoms with E-state index in [2.05, 4.69) is 30.9 Å². The lowest BCUT2D eigenvalue weighted by molar-refractivity contribution is -0.229. The summed E-state index contributed by atoms with van der Waals surface area (Å²) in [6.45, 7) is -0.0547. The second kappa shape index (κ2) is 10.1. The van der Waals surface area contributed by atoms with Crippen LogP contribution in [0.15, 0.2) is 12.7 Å². The van der Waals surface area contributed by atoms with Crippen LogP contribution in [0.5, 0.6) is 0 Å². The Kier molecular flexibility index (Phi) is 6.43. The molecule has 13 heteroatoms. The van der Waals surface area contributed by atoms with E-state index < -0.39 is 30.3 Å². The van der Waals surface area contributed by atoms with Crippen LogP contribution in [-0.4, -0.2) is 79.4 Å². The molecule has 5 saturated carbocycles. The fourth-order valence-electron chi connectivity index (χ4n) is 9.23. The van der Waals surface area contributed by atoms with Gasteiger partial charge in [0.15, 0.2) is 35.1 Å². The Balaban J connectivity index is 1.04. The number of anilines is 1. The van der Waals surface area contributed by atoms with Crippen LogP contribution in [0.2, 0.25) is 0 Å². The fraction of sp³-hybridized carbons (Fsp3) is 0.759. The van der Waals surface area contributed by atoms with Crippen LogP contribution < -0.4 is 16.0 Å². The van der Waals surface area contributed by atoms with Crippen molar-refractivity contribution < 1.29 is 28.9 Å². The Bertz CT molecular complexity index is 1340. The molecule has 13 nitrogen and oxygen atoms in total. The van der Waals surface area contributed by atoms with Gasteiger partial charge >= 0.3 is 6.03 Å². The van der Waals surface area contributed by atoms with E-state index in [9.17, 15) is 14.7 Å². The fourth-order valence-corrected chi connectivity index (χ4v) is 9.23. The summed E-state index contributed by atoms with van der Waals surface area (Å²) in [5.41, 5.74) is 0.763. The summed E-state index contributed by atoms with van der Waals surface area (Å²) in [5.74, 6) is 1.38.